The Hall–Kier alpha value is -1.88. The van der Waals surface area contributed by atoms with Crippen LogP contribution in [0.15, 0.2) is 34.7 Å². The third kappa shape index (κ3) is 3.32. The van der Waals surface area contributed by atoms with Crippen LogP contribution in [0.1, 0.15) is 24.3 Å². The first-order chi connectivity index (χ1) is 9.31. The van der Waals surface area contributed by atoms with Crippen molar-refractivity contribution < 1.29 is 4.42 Å². The van der Waals surface area contributed by atoms with E-state index in [1.54, 1.807) is 0 Å². The maximum atomic E-state index is 5.64. The minimum Gasteiger partial charge on any atom is -0.407 e. The van der Waals surface area contributed by atoms with Crippen LogP contribution in [0.5, 0.6) is 0 Å². The zero-order valence-electron chi connectivity index (χ0n) is 11.0. The van der Waals surface area contributed by atoms with Crippen LogP contribution in [0.4, 0.5) is 6.01 Å². The average molecular weight is 258 g/mol. The molecular formula is C14H18N4O. The summed E-state index contributed by atoms with van der Waals surface area (Å²) in [5, 5.41) is 11.5. The minimum absolute atomic E-state index is 0.566. The number of nitrogens with zero attached hydrogens (tertiary/aromatic N) is 3. The van der Waals surface area contributed by atoms with Gasteiger partial charge in [-0.15, -0.1) is 5.10 Å². The van der Waals surface area contributed by atoms with Crippen LogP contribution in [-0.2, 0) is 13.1 Å². The molecule has 5 heteroatoms. The standard InChI is InChI=1S/C14H18N4O/c1-18(10-11-5-3-2-4-6-11)14-17-16-13(19-14)9-15-12-7-8-12/h2-6,12,15H,7-10H2,1H3. The Bertz CT molecular complexity index is 521. The largest absolute Gasteiger partial charge is 0.407 e. The van der Waals surface area contributed by atoms with Crippen molar-refractivity contribution in [3.05, 3.63) is 41.8 Å². The van der Waals surface area contributed by atoms with Gasteiger partial charge in [-0.1, -0.05) is 35.4 Å². The number of nitrogens with one attached hydrogen (secondary N) is 1. The molecule has 5 nitrogen and oxygen atoms in total. The first kappa shape index (κ1) is 12.2. The fraction of sp³-hybridized carbons (Fsp3) is 0.429. The summed E-state index contributed by atoms with van der Waals surface area (Å²) < 4.78 is 5.64. The van der Waals surface area contributed by atoms with E-state index in [9.17, 15) is 0 Å². The number of hydrogen-bond donors (Lipinski definition) is 1. The Morgan fingerprint density at radius 1 is 1.26 bits per heavy atom. The van der Waals surface area contributed by atoms with Gasteiger partial charge in [0.2, 0.25) is 5.89 Å². The van der Waals surface area contributed by atoms with Crippen molar-refractivity contribution in [3.63, 3.8) is 0 Å². The lowest BCUT2D eigenvalue weighted by molar-refractivity contribution is 0.464. The molecule has 0 atom stereocenters. The summed E-state index contributed by atoms with van der Waals surface area (Å²) in [7, 11) is 1.96. The van der Waals surface area contributed by atoms with Crippen LogP contribution >= 0.6 is 0 Å². The van der Waals surface area contributed by atoms with Gasteiger partial charge in [-0.25, -0.2) is 0 Å². The molecular weight excluding hydrogens is 240 g/mol. The molecule has 19 heavy (non-hydrogen) atoms. The highest BCUT2D eigenvalue weighted by atomic mass is 16.4. The van der Waals surface area contributed by atoms with Crippen molar-refractivity contribution >= 4 is 6.01 Å². The molecule has 0 bridgehead atoms. The van der Waals surface area contributed by atoms with Crippen molar-refractivity contribution in [1.29, 1.82) is 0 Å². The van der Waals surface area contributed by atoms with Gasteiger partial charge in [-0.05, 0) is 18.4 Å². The van der Waals surface area contributed by atoms with E-state index in [0.29, 0.717) is 24.5 Å². The van der Waals surface area contributed by atoms with Gasteiger partial charge in [0, 0.05) is 19.6 Å². The van der Waals surface area contributed by atoms with Crippen LogP contribution in [0.3, 0.4) is 0 Å². The van der Waals surface area contributed by atoms with Gasteiger partial charge in [0.25, 0.3) is 0 Å². The molecule has 0 aliphatic heterocycles. The molecule has 0 radical (unpaired) electrons. The molecule has 1 saturated carbocycles. The Morgan fingerprint density at radius 3 is 2.79 bits per heavy atom. The molecule has 1 aromatic heterocycles. The lowest BCUT2D eigenvalue weighted by atomic mass is 10.2. The molecule has 1 aliphatic carbocycles. The highest BCUT2D eigenvalue weighted by molar-refractivity contribution is 5.26. The molecule has 1 aromatic carbocycles. The topological polar surface area (TPSA) is 54.2 Å². The van der Waals surface area contributed by atoms with E-state index < -0.39 is 0 Å². The van der Waals surface area contributed by atoms with E-state index in [1.807, 2.05) is 30.1 Å². The summed E-state index contributed by atoms with van der Waals surface area (Å²) >= 11 is 0. The zero-order valence-corrected chi connectivity index (χ0v) is 11.0. The molecule has 0 amide bonds. The third-order valence-electron chi connectivity index (χ3n) is 3.16. The van der Waals surface area contributed by atoms with Gasteiger partial charge in [0.15, 0.2) is 0 Å². The van der Waals surface area contributed by atoms with Gasteiger partial charge in [-0.2, -0.15) is 0 Å². The lowest BCUT2D eigenvalue weighted by Gasteiger charge is -2.13. The maximum absolute atomic E-state index is 5.64. The van der Waals surface area contributed by atoms with Gasteiger partial charge in [0.05, 0.1) is 6.54 Å². The Labute approximate surface area is 112 Å². The molecule has 1 N–H and O–H groups in total. The zero-order chi connectivity index (χ0) is 13.1. The van der Waals surface area contributed by atoms with Crippen molar-refractivity contribution in [2.24, 2.45) is 0 Å². The Morgan fingerprint density at radius 2 is 2.05 bits per heavy atom. The highest BCUT2D eigenvalue weighted by Gasteiger charge is 2.21. The smallest absolute Gasteiger partial charge is 0.318 e. The highest BCUT2D eigenvalue weighted by Crippen LogP contribution is 2.20. The predicted molar refractivity (Wildman–Crippen MR) is 72.7 cm³/mol. The molecule has 3 rings (SSSR count). The monoisotopic (exact) mass is 258 g/mol. The second-order valence-corrected chi connectivity index (χ2v) is 4.98. The molecule has 1 heterocycles. The first-order valence-electron chi connectivity index (χ1n) is 6.62. The lowest BCUT2D eigenvalue weighted by Crippen LogP contribution is -2.16. The van der Waals surface area contributed by atoms with E-state index in [4.69, 9.17) is 4.42 Å². The molecule has 0 spiro atoms. The van der Waals surface area contributed by atoms with Crippen LogP contribution < -0.4 is 10.2 Å². The summed E-state index contributed by atoms with van der Waals surface area (Å²) in [6.07, 6.45) is 2.52. The third-order valence-corrected chi connectivity index (χ3v) is 3.16. The molecule has 0 saturated heterocycles. The van der Waals surface area contributed by atoms with Gasteiger partial charge < -0.3 is 14.6 Å². The molecule has 1 aliphatic rings. The SMILES string of the molecule is CN(Cc1ccccc1)c1nnc(CNC2CC2)o1. The Balaban J connectivity index is 1.58. The van der Waals surface area contributed by atoms with Gasteiger partial charge in [-0.3, -0.25) is 0 Å². The number of anilines is 1. The van der Waals surface area contributed by atoms with Crippen molar-refractivity contribution in [1.82, 2.24) is 15.5 Å². The van der Waals surface area contributed by atoms with Crippen LogP contribution in [0, 0.1) is 0 Å². The summed E-state index contributed by atoms with van der Waals surface area (Å²) in [6, 6.07) is 11.5. The second-order valence-electron chi connectivity index (χ2n) is 4.98. The van der Waals surface area contributed by atoms with Gasteiger partial charge in [0.1, 0.15) is 0 Å². The van der Waals surface area contributed by atoms with E-state index in [2.05, 4.69) is 27.6 Å². The van der Waals surface area contributed by atoms with Gasteiger partial charge >= 0.3 is 6.01 Å². The quantitative estimate of drug-likeness (QED) is 0.858. The molecule has 0 unspecified atom stereocenters. The summed E-state index contributed by atoms with van der Waals surface area (Å²) in [5.74, 6) is 0.654. The number of aromatic nitrogens is 2. The second kappa shape index (κ2) is 5.40. The molecule has 1 fully saturated rings. The Kier molecular flexibility index (Phi) is 3.46. The minimum atomic E-state index is 0.566. The fourth-order valence-electron chi connectivity index (χ4n) is 1.91. The summed E-state index contributed by atoms with van der Waals surface area (Å²) in [6.45, 7) is 1.43. The summed E-state index contributed by atoms with van der Waals surface area (Å²) in [4.78, 5) is 1.96. The van der Waals surface area contributed by atoms with E-state index in [0.717, 1.165) is 6.54 Å². The summed E-state index contributed by atoms with van der Waals surface area (Å²) in [5.41, 5.74) is 1.22. The molecule has 2 aromatic rings. The van der Waals surface area contributed by atoms with Crippen LogP contribution in [0.25, 0.3) is 0 Å². The van der Waals surface area contributed by atoms with Crippen LogP contribution in [0.2, 0.25) is 0 Å². The fourth-order valence-corrected chi connectivity index (χ4v) is 1.91. The normalized spacial score (nSPS) is 14.6. The number of hydrogen-bond acceptors (Lipinski definition) is 5. The first-order valence-corrected chi connectivity index (χ1v) is 6.62. The maximum Gasteiger partial charge on any atom is 0.318 e. The van der Waals surface area contributed by atoms with Crippen molar-refractivity contribution in [3.8, 4) is 0 Å². The number of benzene rings is 1. The molecule has 100 valence electrons. The van der Waals surface area contributed by atoms with E-state index in [-0.39, 0.29) is 0 Å². The average Bonchev–Trinajstić information content (AvgIpc) is 3.14. The van der Waals surface area contributed by atoms with E-state index >= 15 is 0 Å². The predicted octanol–water partition coefficient (Wildman–Crippen LogP) is 1.96. The van der Waals surface area contributed by atoms with Crippen LogP contribution in [-0.4, -0.2) is 23.3 Å². The van der Waals surface area contributed by atoms with E-state index in [1.165, 1.54) is 18.4 Å². The van der Waals surface area contributed by atoms with Crippen molar-refractivity contribution in [2.45, 2.75) is 32.0 Å². The number of rotatable bonds is 6. The van der Waals surface area contributed by atoms with Crippen molar-refractivity contribution in [2.75, 3.05) is 11.9 Å².